The number of benzene rings is 3. The van der Waals surface area contributed by atoms with Crippen LogP contribution in [0.25, 0.3) is 0 Å². The summed E-state index contributed by atoms with van der Waals surface area (Å²) in [5.41, 5.74) is 1.84. The van der Waals surface area contributed by atoms with Gasteiger partial charge < -0.3 is 24.8 Å². The van der Waals surface area contributed by atoms with Gasteiger partial charge in [0.05, 0.1) is 13.7 Å². The lowest BCUT2D eigenvalue weighted by Crippen LogP contribution is -2.37. The number of anilines is 1. The molecule has 6 heteroatoms. The van der Waals surface area contributed by atoms with E-state index in [1.165, 1.54) is 5.56 Å². The topological polar surface area (TPSA) is 68.8 Å². The van der Waals surface area contributed by atoms with Crippen LogP contribution in [-0.2, 0) is 6.42 Å². The molecule has 0 aromatic heterocycles. The summed E-state index contributed by atoms with van der Waals surface area (Å²) in [6, 6.07) is 22.2. The van der Waals surface area contributed by atoms with Gasteiger partial charge in [0.1, 0.15) is 17.6 Å². The van der Waals surface area contributed by atoms with E-state index in [1.807, 2.05) is 48.5 Å². The van der Waals surface area contributed by atoms with Crippen LogP contribution in [0.2, 0.25) is 0 Å². The summed E-state index contributed by atoms with van der Waals surface area (Å²) >= 11 is 0. The minimum atomic E-state index is -0.275. The average molecular weight is 390 g/mol. The van der Waals surface area contributed by atoms with E-state index in [0.717, 1.165) is 12.2 Å². The Labute approximate surface area is 169 Å². The summed E-state index contributed by atoms with van der Waals surface area (Å²) in [4.78, 5) is 12.2. The first-order chi connectivity index (χ1) is 14.2. The van der Waals surface area contributed by atoms with Crippen molar-refractivity contribution in [2.75, 3.05) is 19.0 Å². The molecule has 0 saturated carbocycles. The van der Waals surface area contributed by atoms with Crippen molar-refractivity contribution in [2.24, 2.45) is 0 Å². The molecular formula is C23H22N2O4. The molecule has 0 aliphatic carbocycles. The molecule has 0 radical (unpaired) electrons. The number of carbonyl (C=O) groups is 1. The number of ether oxygens (including phenoxy) is 3. The van der Waals surface area contributed by atoms with Gasteiger partial charge in [0.15, 0.2) is 11.5 Å². The van der Waals surface area contributed by atoms with E-state index in [1.54, 1.807) is 31.4 Å². The number of carbonyl (C=O) groups excluding carboxylic acids is 1. The highest BCUT2D eigenvalue weighted by atomic mass is 16.5. The summed E-state index contributed by atoms with van der Waals surface area (Å²) in [7, 11) is 1.60. The molecule has 1 aliphatic heterocycles. The summed E-state index contributed by atoms with van der Waals surface area (Å²) in [5, 5.41) is 5.67. The van der Waals surface area contributed by atoms with Gasteiger partial charge in [-0.1, -0.05) is 30.3 Å². The maximum atomic E-state index is 12.2. The summed E-state index contributed by atoms with van der Waals surface area (Å²) in [6.07, 6.45) is 0.751. The molecule has 148 valence electrons. The van der Waals surface area contributed by atoms with E-state index in [4.69, 9.17) is 14.2 Å². The lowest BCUT2D eigenvalue weighted by atomic mass is 10.1. The highest BCUT2D eigenvalue weighted by Gasteiger charge is 2.22. The van der Waals surface area contributed by atoms with E-state index < -0.39 is 0 Å². The Morgan fingerprint density at radius 2 is 1.72 bits per heavy atom. The molecule has 2 amide bonds. The number of urea groups is 1. The van der Waals surface area contributed by atoms with Gasteiger partial charge >= 0.3 is 6.03 Å². The van der Waals surface area contributed by atoms with Crippen LogP contribution in [0.5, 0.6) is 23.0 Å². The van der Waals surface area contributed by atoms with Crippen LogP contribution in [0, 0.1) is 0 Å². The fourth-order valence-corrected chi connectivity index (χ4v) is 3.19. The quantitative estimate of drug-likeness (QED) is 0.645. The summed E-state index contributed by atoms with van der Waals surface area (Å²) in [6.45, 7) is 0.440. The lowest BCUT2D eigenvalue weighted by molar-refractivity contribution is 0.219. The predicted molar refractivity (Wildman–Crippen MR) is 111 cm³/mol. The Hall–Kier alpha value is -3.67. The first-order valence-corrected chi connectivity index (χ1v) is 9.41. The smallest absolute Gasteiger partial charge is 0.319 e. The van der Waals surface area contributed by atoms with E-state index >= 15 is 0 Å². The number of nitrogens with one attached hydrogen (secondary N) is 2. The van der Waals surface area contributed by atoms with Crippen molar-refractivity contribution in [1.82, 2.24) is 5.32 Å². The van der Waals surface area contributed by atoms with Crippen LogP contribution in [0.1, 0.15) is 5.56 Å². The largest absolute Gasteiger partial charge is 0.493 e. The van der Waals surface area contributed by atoms with Crippen molar-refractivity contribution >= 4 is 11.7 Å². The van der Waals surface area contributed by atoms with Gasteiger partial charge in [-0.2, -0.15) is 0 Å². The Morgan fingerprint density at radius 1 is 1.00 bits per heavy atom. The van der Waals surface area contributed by atoms with Crippen LogP contribution >= 0.6 is 0 Å². The average Bonchev–Trinajstić information content (AvgIpc) is 3.17. The Morgan fingerprint density at radius 3 is 2.48 bits per heavy atom. The molecule has 1 aliphatic rings. The molecule has 3 aromatic rings. The number of para-hydroxylation sites is 3. The number of hydrogen-bond acceptors (Lipinski definition) is 4. The zero-order chi connectivity index (χ0) is 20.1. The molecule has 0 fully saturated rings. The maximum absolute atomic E-state index is 12.2. The predicted octanol–water partition coefficient (Wildman–Crippen LogP) is 4.61. The van der Waals surface area contributed by atoms with Gasteiger partial charge in [-0.05, 0) is 48.0 Å². The molecule has 1 unspecified atom stereocenters. The monoisotopic (exact) mass is 390 g/mol. The Kier molecular flexibility index (Phi) is 5.52. The number of hydrogen-bond donors (Lipinski definition) is 2. The van der Waals surface area contributed by atoms with Crippen LogP contribution in [0.4, 0.5) is 10.5 Å². The van der Waals surface area contributed by atoms with E-state index in [0.29, 0.717) is 29.5 Å². The third-order valence-electron chi connectivity index (χ3n) is 4.61. The van der Waals surface area contributed by atoms with Crippen molar-refractivity contribution in [2.45, 2.75) is 12.5 Å². The van der Waals surface area contributed by atoms with Gasteiger partial charge in [0.25, 0.3) is 0 Å². The van der Waals surface area contributed by atoms with Crippen molar-refractivity contribution in [3.05, 3.63) is 78.4 Å². The molecule has 0 bridgehead atoms. The molecule has 1 heterocycles. The minimum Gasteiger partial charge on any atom is -0.493 e. The van der Waals surface area contributed by atoms with Crippen LogP contribution in [0.15, 0.2) is 72.8 Å². The first-order valence-electron chi connectivity index (χ1n) is 9.41. The van der Waals surface area contributed by atoms with Crippen LogP contribution in [0.3, 0.4) is 0 Å². The fourth-order valence-electron chi connectivity index (χ4n) is 3.19. The molecular weight excluding hydrogens is 368 g/mol. The zero-order valence-electron chi connectivity index (χ0n) is 16.1. The van der Waals surface area contributed by atoms with Gasteiger partial charge in [-0.25, -0.2) is 4.79 Å². The SMILES string of the molecule is COc1ccccc1Oc1ccc(NC(=O)NCC2Cc3ccccc3O2)cc1. The van der Waals surface area contributed by atoms with Crippen molar-refractivity contribution in [3.8, 4) is 23.0 Å². The molecule has 1 atom stereocenters. The van der Waals surface area contributed by atoms with Gasteiger partial charge in [-0.15, -0.1) is 0 Å². The maximum Gasteiger partial charge on any atom is 0.319 e. The third kappa shape index (κ3) is 4.60. The van der Waals surface area contributed by atoms with Crippen LogP contribution in [-0.4, -0.2) is 25.8 Å². The number of rotatable bonds is 6. The van der Waals surface area contributed by atoms with E-state index in [2.05, 4.69) is 10.6 Å². The highest BCUT2D eigenvalue weighted by molar-refractivity contribution is 5.89. The normalized spacial score (nSPS) is 14.4. The lowest BCUT2D eigenvalue weighted by Gasteiger charge is -2.13. The number of methoxy groups -OCH3 is 1. The molecule has 0 spiro atoms. The first kappa shape index (κ1) is 18.7. The second-order valence-corrected chi connectivity index (χ2v) is 6.66. The molecule has 0 saturated heterocycles. The van der Waals surface area contributed by atoms with Gasteiger partial charge in [0.2, 0.25) is 0 Å². The van der Waals surface area contributed by atoms with Crippen molar-refractivity contribution in [1.29, 1.82) is 0 Å². The second kappa shape index (κ2) is 8.56. The Bertz CT molecular complexity index is 963. The minimum absolute atomic E-state index is 0.0465. The summed E-state index contributed by atoms with van der Waals surface area (Å²) in [5.74, 6) is 2.83. The van der Waals surface area contributed by atoms with Gasteiger partial charge in [-0.3, -0.25) is 0 Å². The summed E-state index contributed by atoms with van der Waals surface area (Å²) < 4.78 is 16.9. The fraction of sp³-hybridized carbons (Fsp3) is 0.174. The van der Waals surface area contributed by atoms with Gasteiger partial charge in [0, 0.05) is 12.1 Å². The standard InChI is InChI=1S/C23H22N2O4/c1-27-21-8-4-5-9-22(21)28-18-12-10-17(11-13-18)25-23(26)24-15-19-14-16-6-2-3-7-20(16)29-19/h2-13,19H,14-15H2,1H3,(H2,24,25,26). The number of amides is 2. The molecule has 4 rings (SSSR count). The molecule has 2 N–H and O–H groups in total. The Balaban J connectivity index is 1.27. The van der Waals surface area contributed by atoms with Crippen molar-refractivity contribution in [3.63, 3.8) is 0 Å². The molecule has 3 aromatic carbocycles. The van der Waals surface area contributed by atoms with Crippen molar-refractivity contribution < 1.29 is 19.0 Å². The van der Waals surface area contributed by atoms with E-state index in [9.17, 15) is 4.79 Å². The third-order valence-corrected chi connectivity index (χ3v) is 4.61. The second-order valence-electron chi connectivity index (χ2n) is 6.66. The zero-order valence-corrected chi connectivity index (χ0v) is 16.1. The van der Waals surface area contributed by atoms with Crippen LogP contribution < -0.4 is 24.8 Å². The highest BCUT2D eigenvalue weighted by Crippen LogP contribution is 2.31. The van der Waals surface area contributed by atoms with E-state index in [-0.39, 0.29) is 12.1 Å². The molecule has 6 nitrogen and oxygen atoms in total. The number of fused-ring (bicyclic) bond motifs is 1. The molecule has 29 heavy (non-hydrogen) atoms.